The zero-order valence-corrected chi connectivity index (χ0v) is 13.4. The number of oxazole rings is 1. The van der Waals surface area contributed by atoms with E-state index in [0.717, 1.165) is 18.5 Å². The topological polar surface area (TPSA) is 120 Å². The zero-order chi connectivity index (χ0) is 16.7. The summed E-state index contributed by atoms with van der Waals surface area (Å²) in [5.74, 6) is 0.446. The molecular formula is C17H20N6O. The lowest BCUT2D eigenvalue weighted by molar-refractivity contribution is 0.331. The molecule has 0 aromatic carbocycles. The van der Waals surface area contributed by atoms with Gasteiger partial charge in [0, 0.05) is 5.92 Å². The van der Waals surface area contributed by atoms with Crippen LogP contribution in [0.4, 0.5) is 11.8 Å². The highest BCUT2D eigenvalue weighted by Gasteiger charge is 2.27. The van der Waals surface area contributed by atoms with Crippen LogP contribution in [-0.4, -0.2) is 14.8 Å². The molecule has 2 heterocycles. The second-order valence-corrected chi connectivity index (χ2v) is 6.51. The van der Waals surface area contributed by atoms with Gasteiger partial charge < -0.3 is 15.9 Å². The number of aromatic nitrogens is 3. The number of hydrogen-bond acceptors (Lipinski definition) is 6. The third-order valence-corrected chi connectivity index (χ3v) is 4.97. The molecule has 2 aromatic rings. The lowest BCUT2D eigenvalue weighted by Gasteiger charge is -2.22. The van der Waals surface area contributed by atoms with Crippen LogP contribution in [0.1, 0.15) is 61.7 Å². The molecule has 4 rings (SSSR count). The fourth-order valence-electron chi connectivity index (χ4n) is 3.75. The van der Waals surface area contributed by atoms with Crippen LogP contribution in [0.25, 0.3) is 12.2 Å². The van der Waals surface area contributed by atoms with Crippen molar-refractivity contribution in [2.24, 2.45) is 0 Å². The first-order valence-corrected chi connectivity index (χ1v) is 8.39. The van der Waals surface area contributed by atoms with Gasteiger partial charge in [-0.1, -0.05) is 19.3 Å². The Morgan fingerprint density at radius 1 is 1.25 bits per heavy atom. The van der Waals surface area contributed by atoms with Crippen molar-refractivity contribution in [1.29, 1.82) is 5.26 Å². The largest absolute Gasteiger partial charge is 0.424 e. The fourth-order valence-corrected chi connectivity index (χ4v) is 3.75. The van der Waals surface area contributed by atoms with Crippen LogP contribution in [0.3, 0.4) is 0 Å². The summed E-state index contributed by atoms with van der Waals surface area (Å²) in [4.78, 5) is 4.18. The molecule has 7 heteroatoms. The number of anilines is 2. The van der Waals surface area contributed by atoms with Crippen molar-refractivity contribution in [3.8, 4) is 6.07 Å². The molecule has 1 saturated carbocycles. The molecule has 0 bridgehead atoms. The van der Waals surface area contributed by atoms with Gasteiger partial charge in [0.15, 0.2) is 5.42 Å². The molecule has 4 N–H and O–H groups in total. The number of nitrogens with zero attached hydrogens (tertiary/aromatic N) is 4. The van der Waals surface area contributed by atoms with Gasteiger partial charge >= 0.3 is 0 Å². The smallest absolute Gasteiger partial charge is 0.292 e. The van der Waals surface area contributed by atoms with Crippen molar-refractivity contribution in [1.82, 2.24) is 14.8 Å². The first-order chi connectivity index (χ1) is 11.7. The van der Waals surface area contributed by atoms with E-state index < -0.39 is 0 Å². The second-order valence-electron chi connectivity index (χ2n) is 6.51. The van der Waals surface area contributed by atoms with E-state index in [-0.39, 0.29) is 11.9 Å². The van der Waals surface area contributed by atoms with Crippen LogP contribution in [0.15, 0.2) is 4.42 Å². The van der Waals surface area contributed by atoms with E-state index in [9.17, 15) is 5.26 Å². The zero-order valence-electron chi connectivity index (χ0n) is 13.4. The molecule has 7 nitrogen and oxygen atoms in total. The predicted octanol–water partition coefficient (Wildman–Crippen LogP) is 1.16. The van der Waals surface area contributed by atoms with Gasteiger partial charge in [0.25, 0.3) is 6.01 Å². The summed E-state index contributed by atoms with van der Waals surface area (Å²) in [6.07, 6.45) is 10.4. The number of fused-ring (bicyclic) bond motifs is 1. The molecule has 24 heavy (non-hydrogen) atoms. The Hall–Kier alpha value is -2.75. The van der Waals surface area contributed by atoms with Gasteiger partial charge in [-0.2, -0.15) is 15.3 Å². The average Bonchev–Trinajstić information content (AvgIpc) is 3.13. The fraction of sp³-hybridized carbons (Fsp3) is 0.471. The van der Waals surface area contributed by atoms with E-state index in [1.54, 1.807) is 0 Å². The van der Waals surface area contributed by atoms with Gasteiger partial charge in [-0.05, 0) is 31.4 Å². The summed E-state index contributed by atoms with van der Waals surface area (Å²) in [6.45, 7) is 0. The van der Waals surface area contributed by atoms with Crippen LogP contribution in [0, 0.1) is 11.3 Å². The van der Waals surface area contributed by atoms with Crippen molar-refractivity contribution >= 4 is 24.0 Å². The van der Waals surface area contributed by atoms with Crippen LogP contribution >= 0.6 is 0 Å². The van der Waals surface area contributed by atoms with Crippen LogP contribution in [0.2, 0.25) is 0 Å². The predicted molar refractivity (Wildman–Crippen MR) is 89.9 cm³/mol. The van der Waals surface area contributed by atoms with Crippen molar-refractivity contribution in [2.45, 2.75) is 50.5 Å². The third kappa shape index (κ3) is 2.35. The SMILES string of the molecule is N#Cc1c(C2C=c3nc(N)oc3=CC2)nn(C2CCCCC2)c1N. The molecule has 124 valence electrons. The Bertz CT molecular complexity index is 926. The quantitative estimate of drug-likeness (QED) is 0.855. The van der Waals surface area contributed by atoms with E-state index >= 15 is 0 Å². The highest BCUT2D eigenvalue weighted by atomic mass is 16.4. The first kappa shape index (κ1) is 14.8. The standard InChI is InChI=1S/C17H20N6O/c18-9-12-15(10-6-7-14-13(8-10)21-17(20)24-14)22-23(16(12)19)11-4-2-1-3-5-11/h7-8,10-11H,1-6,19H2,(H2,20,21). The maximum absolute atomic E-state index is 9.58. The van der Waals surface area contributed by atoms with E-state index in [1.165, 1.54) is 19.3 Å². The van der Waals surface area contributed by atoms with Gasteiger partial charge in [-0.25, -0.2) is 4.68 Å². The summed E-state index contributed by atoms with van der Waals surface area (Å²) in [7, 11) is 0. The minimum absolute atomic E-state index is 0.0382. The highest BCUT2D eigenvalue weighted by Crippen LogP contribution is 2.34. The summed E-state index contributed by atoms with van der Waals surface area (Å²) in [5.41, 5.74) is 13.8. The molecule has 1 unspecified atom stereocenters. The van der Waals surface area contributed by atoms with Crippen LogP contribution < -0.4 is 22.2 Å². The summed E-state index contributed by atoms with van der Waals surface area (Å²) in [5, 5.41) is 15.0. The van der Waals surface area contributed by atoms with Crippen LogP contribution in [-0.2, 0) is 0 Å². The Kier molecular flexibility index (Phi) is 3.53. The Labute approximate surface area is 139 Å². The van der Waals surface area contributed by atoms with Gasteiger partial charge in [-0.15, -0.1) is 0 Å². The number of rotatable bonds is 2. The number of nitriles is 1. The molecule has 2 aliphatic rings. The van der Waals surface area contributed by atoms with Crippen molar-refractivity contribution in [2.75, 3.05) is 11.5 Å². The number of hydrogen-bond donors (Lipinski definition) is 2. The van der Waals surface area contributed by atoms with Gasteiger partial charge in [0.2, 0.25) is 0 Å². The van der Waals surface area contributed by atoms with Gasteiger partial charge in [0.05, 0.1) is 11.7 Å². The van der Waals surface area contributed by atoms with Gasteiger partial charge in [-0.3, -0.25) is 0 Å². The molecule has 0 amide bonds. The Morgan fingerprint density at radius 3 is 2.79 bits per heavy atom. The summed E-state index contributed by atoms with van der Waals surface area (Å²) >= 11 is 0. The molecule has 2 aliphatic carbocycles. The molecule has 0 radical (unpaired) electrons. The maximum atomic E-state index is 9.58. The minimum atomic E-state index is -0.0382. The Morgan fingerprint density at radius 2 is 2.04 bits per heavy atom. The molecular weight excluding hydrogens is 304 g/mol. The lowest BCUT2D eigenvalue weighted by Crippen LogP contribution is -2.27. The highest BCUT2D eigenvalue weighted by molar-refractivity contribution is 5.58. The maximum Gasteiger partial charge on any atom is 0.292 e. The van der Waals surface area contributed by atoms with E-state index in [0.29, 0.717) is 34.6 Å². The minimum Gasteiger partial charge on any atom is -0.424 e. The first-order valence-electron chi connectivity index (χ1n) is 8.39. The molecule has 0 aliphatic heterocycles. The van der Waals surface area contributed by atoms with Crippen molar-refractivity contribution in [3.05, 3.63) is 22.0 Å². The summed E-state index contributed by atoms with van der Waals surface area (Å²) < 4.78 is 7.20. The Balaban J connectivity index is 1.76. The summed E-state index contributed by atoms with van der Waals surface area (Å²) in [6, 6.07) is 2.69. The lowest BCUT2D eigenvalue weighted by atomic mass is 9.95. The van der Waals surface area contributed by atoms with E-state index in [2.05, 4.69) is 11.1 Å². The average molecular weight is 324 g/mol. The third-order valence-electron chi connectivity index (χ3n) is 4.97. The van der Waals surface area contributed by atoms with Gasteiger partial charge in [0.1, 0.15) is 22.8 Å². The van der Waals surface area contributed by atoms with Crippen LogP contribution in [0.5, 0.6) is 0 Å². The van der Waals surface area contributed by atoms with E-state index in [4.69, 9.17) is 21.0 Å². The molecule has 2 aromatic heterocycles. The molecule has 1 fully saturated rings. The number of nitrogen functional groups attached to an aromatic ring is 2. The van der Waals surface area contributed by atoms with Crippen molar-refractivity contribution in [3.63, 3.8) is 0 Å². The molecule has 1 atom stereocenters. The monoisotopic (exact) mass is 324 g/mol. The molecule has 0 saturated heterocycles. The van der Waals surface area contributed by atoms with E-state index in [1.807, 2.05) is 16.8 Å². The van der Waals surface area contributed by atoms with Crippen molar-refractivity contribution < 1.29 is 4.42 Å². The second kappa shape index (κ2) is 5.71. The molecule has 0 spiro atoms. The number of nitrogens with two attached hydrogens (primary N) is 2. The normalized spacial score (nSPS) is 20.7.